The second-order valence-corrected chi connectivity index (χ2v) is 10.6. The molecule has 1 aliphatic carbocycles. The molecule has 2 aromatic carbocycles. The predicted octanol–water partition coefficient (Wildman–Crippen LogP) is 6.82. The molecule has 1 saturated carbocycles. The number of para-hydroxylation sites is 1. The van der Waals surface area contributed by atoms with Crippen LogP contribution in [0, 0.1) is 11.3 Å². The van der Waals surface area contributed by atoms with E-state index in [4.69, 9.17) is 26.2 Å². The number of hydrazone groups is 1. The maximum Gasteiger partial charge on any atom is 0.198 e. The second kappa shape index (κ2) is 7.44. The molecule has 164 valence electrons. The third kappa shape index (κ3) is 3.40. The van der Waals surface area contributed by atoms with E-state index in [1.165, 1.54) is 0 Å². The number of halogens is 1. The summed E-state index contributed by atoms with van der Waals surface area (Å²) < 4.78 is 12.5. The van der Waals surface area contributed by atoms with Gasteiger partial charge in [0.15, 0.2) is 17.2 Å². The first-order chi connectivity index (χ1) is 14.8. The normalized spacial score (nSPS) is 27.4. The Balaban J connectivity index is 1.57. The van der Waals surface area contributed by atoms with Crippen molar-refractivity contribution in [3.63, 3.8) is 0 Å². The number of ether oxygens (including phenoxy) is 2. The minimum absolute atomic E-state index is 0.135. The Hall–Kier alpha value is -2.20. The molecule has 5 rings (SSSR count). The van der Waals surface area contributed by atoms with E-state index in [2.05, 4.69) is 37.9 Å². The van der Waals surface area contributed by atoms with Crippen molar-refractivity contribution in [1.29, 1.82) is 0 Å². The SMILES string of the molecule is COc1cccc2c1OC1(CCC(C(C)(C)C)CC1)N1N=C(c3ccccc3Cl)CC21. The summed E-state index contributed by atoms with van der Waals surface area (Å²) in [5.74, 6) is 2.38. The van der Waals surface area contributed by atoms with Crippen LogP contribution in [0.25, 0.3) is 0 Å². The van der Waals surface area contributed by atoms with Crippen LogP contribution >= 0.6 is 11.6 Å². The van der Waals surface area contributed by atoms with Gasteiger partial charge in [-0.25, -0.2) is 5.01 Å². The molecule has 1 fully saturated rings. The van der Waals surface area contributed by atoms with Gasteiger partial charge in [0.05, 0.1) is 18.9 Å². The zero-order valence-corrected chi connectivity index (χ0v) is 19.6. The molecule has 0 radical (unpaired) electrons. The van der Waals surface area contributed by atoms with Gasteiger partial charge >= 0.3 is 0 Å². The molecule has 2 heterocycles. The second-order valence-electron chi connectivity index (χ2n) is 10.2. The molecule has 0 N–H and O–H groups in total. The fourth-order valence-corrected chi connectivity index (χ4v) is 5.80. The van der Waals surface area contributed by atoms with Crippen molar-refractivity contribution in [2.24, 2.45) is 16.4 Å². The number of rotatable bonds is 2. The Bertz CT molecular complexity index is 1020. The zero-order chi connectivity index (χ0) is 21.8. The van der Waals surface area contributed by atoms with Gasteiger partial charge in [-0.3, -0.25) is 0 Å². The van der Waals surface area contributed by atoms with Crippen LogP contribution in [0.15, 0.2) is 47.6 Å². The molecule has 2 aliphatic heterocycles. The summed E-state index contributed by atoms with van der Waals surface area (Å²) >= 11 is 6.55. The Morgan fingerprint density at radius 2 is 1.84 bits per heavy atom. The number of hydrogen-bond donors (Lipinski definition) is 0. The van der Waals surface area contributed by atoms with Crippen molar-refractivity contribution in [3.05, 3.63) is 58.6 Å². The number of benzene rings is 2. The van der Waals surface area contributed by atoms with Crippen LogP contribution in [0.2, 0.25) is 5.02 Å². The van der Waals surface area contributed by atoms with Gasteiger partial charge < -0.3 is 9.47 Å². The van der Waals surface area contributed by atoms with Crippen LogP contribution in [-0.2, 0) is 0 Å². The average molecular weight is 439 g/mol. The largest absolute Gasteiger partial charge is 0.493 e. The van der Waals surface area contributed by atoms with E-state index in [0.717, 1.165) is 65.5 Å². The number of hydrogen-bond acceptors (Lipinski definition) is 4. The lowest BCUT2D eigenvalue weighted by atomic mass is 9.69. The third-order valence-corrected chi connectivity index (χ3v) is 7.71. The van der Waals surface area contributed by atoms with Crippen LogP contribution in [-0.4, -0.2) is 23.6 Å². The van der Waals surface area contributed by atoms with Crippen LogP contribution in [0.5, 0.6) is 11.5 Å². The van der Waals surface area contributed by atoms with E-state index in [1.54, 1.807) is 7.11 Å². The van der Waals surface area contributed by atoms with E-state index in [-0.39, 0.29) is 6.04 Å². The average Bonchev–Trinajstić information content (AvgIpc) is 3.20. The maximum atomic E-state index is 6.83. The molecule has 0 bridgehead atoms. The van der Waals surface area contributed by atoms with Gasteiger partial charge in [0, 0.05) is 35.4 Å². The maximum absolute atomic E-state index is 6.83. The lowest BCUT2D eigenvalue weighted by molar-refractivity contribution is -0.152. The Morgan fingerprint density at radius 3 is 2.52 bits per heavy atom. The van der Waals surface area contributed by atoms with E-state index < -0.39 is 5.72 Å². The number of fused-ring (bicyclic) bond motifs is 4. The van der Waals surface area contributed by atoms with Crippen molar-refractivity contribution < 1.29 is 9.47 Å². The first kappa shape index (κ1) is 20.7. The number of methoxy groups -OCH3 is 1. The summed E-state index contributed by atoms with van der Waals surface area (Å²) in [6.45, 7) is 7.05. The summed E-state index contributed by atoms with van der Waals surface area (Å²) in [6.07, 6.45) is 5.00. The minimum Gasteiger partial charge on any atom is -0.493 e. The lowest BCUT2D eigenvalue weighted by Gasteiger charge is -2.52. The molecule has 1 spiro atoms. The zero-order valence-electron chi connectivity index (χ0n) is 18.8. The van der Waals surface area contributed by atoms with Crippen molar-refractivity contribution in [2.45, 2.75) is 64.6 Å². The Morgan fingerprint density at radius 1 is 1.10 bits per heavy atom. The van der Waals surface area contributed by atoms with Crippen molar-refractivity contribution in [2.75, 3.05) is 7.11 Å². The van der Waals surface area contributed by atoms with Crippen molar-refractivity contribution >= 4 is 17.3 Å². The summed E-state index contributed by atoms with van der Waals surface area (Å²) in [5, 5.41) is 8.16. The lowest BCUT2D eigenvalue weighted by Crippen LogP contribution is -2.56. The van der Waals surface area contributed by atoms with Gasteiger partial charge in [-0.05, 0) is 36.3 Å². The molecule has 3 aliphatic rings. The standard InChI is InChI=1S/C26H31ClN2O2/c1-25(2,3)17-12-14-26(15-13-17)29-22(19-9-7-11-23(30-4)24(19)31-26)16-21(28-29)18-8-5-6-10-20(18)27/h5-11,17,22H,12-16H2,1-4H3. The highest BCUT2D eigenvalue weighted by Gasteiger charge is 2.53. The predicted molar refractivity (Wildman–Crippen MR) is 125 cm³/mol. The molecular weight excluding hydrogens is 408 g/mol. The molecule has 4 nitrogen and oxygen atoms in total. The highest BCUT2D eigenvalue weighted by atomic mass is 35.5. The van der Waals surface area contributed by atoms with Gasteiger partial charge in [-0.2, -0.15) is 5.10 Å². The summed E-state index contributed by atoms with van der Waals surface area (Å²) in [5.41, 5.74) is 3.07. The molecule has 0 aromatic heterocycles. The summed E-state index contributed by atoms with van der Waals surface area (Å²) in [4.78, 5) is 0. The highest BCUT2D eigenvalue weighted by molar-refractivity contribution is 6.34. The fourth-order valence-electron chi connectivity index (χ4n) is 5.55. The van der Waals surface area contributed by atoms with Crippen LogP contribution in [0.1, 0.15) is 70.0 Å². The van der Waals surface area contributed by atoms with Gasteiger partial charge in [-0.15, -0.1) is 0 Å². The van der Waals surface area contributed by atoms with E-state index >= 15 is 0 Å². The smallest absolute Gasteiger partial charge is 0.198 e. The van der Waals surface area contributed by atoms with Gasteiger partial charge in [0.2, 0.25) is 0 Å². The van der Waals surface area contributed by atoms with Gasteiger partial charge in [0.25, 0.3) is 0 Å². The van der Waals surface area contributed by atoms with Crippen molar-refractivity contribution in [1.82, 2.24) is 5.01 Å². The van der Waals surface area contributed by atoms with E-state index in [9.17, 15) is 0 Å². The first-order valence-electron chi connectivity index (χ1n) is 11.3. The van der Waals surface area contributed by atoms with Gasteiger partial charge in [0.1, 0.15) is 0 Å². The topological polar surface area (TPSA) is 34.1 Å². The quantitative estimate of drug-likeness (QED) is 0.515. The molecule has 0 saturated heterocycles. The molecule has 31 heavy (non-hydrogen) atoms. The summed E-state index contributed by atoms with van der Waals surface area (Å²) in [6, 6.07) is 14.3. The van der Waals surface area contributed by atoms with Crippen LogP contribution in [0.4, 0.5) is 0 Å². The molecule has 1 atom stereocenters. The Labute approximate surface area is 190 Å². The molecule has 5 heteroatoms. The highest BCUT2D eigenvalue weighted by Crippen LogP contribution is 2.55. The summed E-state index contributed by atoms with van der Waals surface area (Å²) in [7, 11) is 1.72. The van der Waals surface area contributed by atoms with Gasteiger partial charge in [-0.1, -0.05) is 62.7 Å². The third-order valence-electron chi connectivity index (χ3n) is 7.38. The number of nitrogens with zero attached hydrogens (tertiary/aromatic N) is 2. The molecular formula is C26H31ClN2O2. The first-order valence-corrected chi connectivity index (χ1v) is 11.7. The van der Waals surface area contributed by atoms with Crippen LogP contribution < -0.4 is 9.47 Å². The van der Waals surface area contributed by atoms with Crippen LogP contribution in [0.3, 0.4) is 0 Å². The monoisotopic (exact) mass is 438 g/mol. The fraction of sp³-hybridized carbons (Fsp3) is 0.500. The molecule has 1 unspecified atom stereocenters. The van der Waals surface area contributed by atoms with E-state index in [1.807, 2.05) is 30.3 Å². The molecule has 0 amide bonds. The minimum atomic E-state index is -0.433. The van der Waals surface area contributed by atoms with Crippen molar-refractivity contribution in [3.8, 4) is 11.5 Å². The molecule has 2 aromatic rings. The Kier molecular flexibility index (Phi) is 4.97. The van der Waals surface area contributed by atoms with E-state index in [0.29, 0.717) is 11.3 Å².